The lowest BCUT2D eigenvalue weighted by Gasteiger charge is -2.39. The third-order valence-corrected chi connectivity index (χ3v) is 5.92. The van der Waals surface area contributed by atoms with Gasteiger partial charge in [0.1, 0.15) is 0 Å². The number of likely N-dealkylation sites (tertiary alicyclic amines) is 1. The lowest BCUT2D eigenvalue weighted by molar-refractivity contribution is 0.186. The van der Waals surface area contributed by atoms with Crippen LogP contribution in [0.25, 0.3) is 0 Å². The molecule has 0 spiro atoms. The normalized spacial score (nSPS) is 21.8. The van der Waals surface area contributed by atoms with Gasteiger partial charge in [0.2, 0.25) is 0 Å². The zero-order valence-corrected chi connectivity index (χ0v) is 17.6. The first kappa shape index (κ1) is 20.4. The summed E-state index contributed by atoms with van der Waals surface area (Å²) in [6, 6.07) is 11.5. The number of nitrogens with zero attached hydrogens (tertiary/aromatic N) is 5. The SMILES string of the molecule is CN=C(NCC(C)N(C)Cc1ccccc1)N1CCC(C)C(n2ccnc2)C1. The maximum Gasteiger partial charge on any atom is 0.193 e. The maximum atomic E-state index is 4.56. The second-order valence-corrected chi connectivity index (χ2v) is 7.97. The van der Waals surface area contributed by atoms with E-state index in [2.05, 4.69) is 87.1 Å². The Morgan fingerprint density at radius 3 is 2.82 bits per heavy atom. The van der Waals surface area contributed by atoms with Gasteiger partial charge in [0, 0.05) is 51.7 Å². The molecule has 1 fully saturated rings. The van der Waals surface area contributed by atoms with Gasteiger partial charge in [0.25, 0.3) is 0 Å². The highest BCUT2D eigenvalue weighted by atomic mass is 15.3. The fourth-order valence-electron chi connectivity index (χ4n) is 3.85. The molecule has 0 amide bonds. The van der Waals surface area contributed by atoms with E-state index in [1.54, 1.807) is 0 Å². The molecule has 2 aromatic rings. The van der Waals surface area contributed by atoms with Crippen LogP contribution in [-0.2, 0) is 6.54 Å². The quantitative estimate of drug-likeness (QED) is 0.617. The molecule has 0 bridgehead atoms. The summed E-state index contributed by atoms with van der Waals surface area (Å²) in [4.78, 5) is 13.5. The Kier molecular flexibility index (Phi) is 7.09. The van der Waals surface area contributed by atoms with Crippen LogP contribution in [0, 0.1) is 5.92 Å². The Labute approximate surface area is 169 Å². The molecule has 1 aromatic heterocycles. The summed E-state index contributed by atoms with van der Waals surface area (Å²) in [6.07, 6.45) is 7.03. The molecular weight excluding hydrogens is 348 g/mol. The molecule has 28 heavy (non-hydrogen) atoms. The number of benzene rings is 1. The van der Waals surface area contributed by atoms with Crippen molar-refractivity contribution in [2.45, 2.75) is 38.9 Å². The van der Waals surface area contributed by atoms with Crippen LogP contribution in [0.1, 0.15) is 31.9 Å². The van der Waals surface area contributed by atoms with Gasteiger partial charge in [-0.15, -0.1) is 0 Å². The molecule has 152 valence electrons. The third kappa shape index (κ3) is 5.13. The molecule has 2 heterocycles. The van der Waals surface area contributed by atoms with Crippen LogP contribution in [-0.4, -0.2) is 65.1 Å². The maximum absolute atomic E-state index is 4.56. The molecule has 0 saturated carbocycles. The number of nitrogens with one attached hydrogen (secondary N) is 1. The van der Waals surface area contributed by atoms with E-state index < -0.39 is 0 Å². The predicted molar refractivity (Wildman–Crippen MR) is 115 cm³/mol. The van der Waals surface area contributed by atoms with E-state index in [-0.39, 0.29) is 0 Å². The Morgan fingerprint density at radius 1 is 1.36 bits per heavy atom. The van der Waals surface area contributed by atoms with Crippen LogP contribution in [0.15, 0.2) is 54.0 Å². The third-order valence-electron chi connectivity index (χ3n) is 5.92. The van der Waals surface area contributed by atoms with Crippen LogP contribution in [0.5, 0.6) is 0 Å². The first-order chi connectivity index (χ1) is 13.6. The van der Waals surface area contributed by atoms with Crippen molar-refractivity contribution in [3.8, 4) is 0 Å². The predicted octanol–water partition coefficient (Wildman–Crippen LogP) is 2.86. The number of rotatable bonds is 6. The Balaban J connectivity index is 1.53. The van der Waals surface area contributed by atoms with E-state index in [1.807, 2.05) is 19.6 Å². The lowest BCUT2D eigenvalue weighted by atomic mass is 9.93. The monoisotopic (exact) mass is 382 g/mol. The largest absolute Gasteiger partial charge is 0.355 e. The van der Waals surface area contributed by atoms with Crippen LogP contribution in [0.4, 0.5) is 0 Å². The van der Waals surface area contributed by atoms with Gasteiger partial charge in [-0.25, -0.2) is 4.98 Å². The van der Waals surface area contributed by atoms with Gasteiger partial charge >= 0.3 is 0 Å². The summed E-state index contributed by atoms with van der Waals surface area (Å²) in [6.45, 7) is 8.42. The van der Waals surface area contributed by atoms with E-state index in [0.29, 0.717) is 18.0 Å². The van der Waals surface area contributed by atoms with Gasteiger partial charge in [0.05, 0.1) is 12.4 Å². The molecule has 1 N–H and O–H groups in total. The molecule has 3 rings (SSSR count). The lowest BCUT2D eigenvalue weighted by Crippen LogP contribution is -2.51. The zero-order chi connectivity index (χ0) is 19.9. The molecule has 0 radical (unpaired) electrons. The fraction of sp³-hybridized carbons (Fsp3) is 0.545. The zero-order valence-electron chi connectivity index (χ0n) is 17.6. The minimum absolute atomic E-state index is 0.408. The number of hydrogen-bond donors (Lipinski definition) is 1. The first-order valence-corrected chi connectivity index (χ1v) is 10.3. The molecule has 6 heteroatoms. The second-order valence-electron chi connectivity index (χ2n) is 7.97. The Hall–Kier alpha value is -2.34. The summed E-state index contributed by atoms with van der Waals surface area (Å²) in [5.74, 6) is 1.64. The van der Waals surface area contributed by atoms with Crippen LogP contribution < -0.4 is 5.32 Å². The number of imidazole rings is 1. The number of guanidine groups is 1. The van der Waals surface area contributed by atoms with Crippen molar-refractivity contribution in [2.75, 3.05) is 33.7 Å². The van der Waals surface area contributed by atoms with Gasteiger partial charge in [-0.1, -0.05) is 37.3 Å². The average molecular weight is 383 g/mol. The van der Waals surface area contributed by atoms with Crippen molar-refractivity contribution in [1.82, 2.24) is 24.7 Å². The highest BCUT2D eigenvalue weighted by Gasteiger charge is 2.29. The summed E-state index contributed by atoms with van der Waals surface area (Å²) in [5.41, 5.74) is 1.34. The molecule has 3 unspecified atom stereocenters. The number of aromatic nitrogens is 2. The Bertz CT molecular complexity index is 727. The highest BCUT2D eigenvalue weighted by molar-refractivity contribution is 5.80. The molecule has 1 aromatic carbocycles. The molecule has 0 aliphatic carbocycles. The van der Waals surface area contributed by atoms with Crippen LogP contribution >= 0.6 is 0 Å². The molecule has 1 aliphatic rings. The molecular formula is C22H34N6. The second kappa shape index (κ2) is 9.73. The highest BCUT2D eigenvalue weighted by Crippen LogP contribution is 2.27. The summed E-state index contributed by atoms with van der Waals surface area (Å²) in [5, 5.41) is 3.60. The summed E-state index contributed by atoms with van der Waals surface area (Å²) < 4.78 is 2.24. The van der Waals surface area contributed by atoms with Crippen molar-refractivity contribution < 1.29 is 0 Å². The smallest absolute Gasteiger partial charge is 0.193 e. The first-order valence-electron chi connectivity index (χ1n) is 10.3. The number of likely N-dealkylation sites (N-methyl/N-ethyl adjacent to an activating group) is 1. The van der Waals surface area contributed by atoms with Crippen molar-refractivity contribution >= 4 is 5.96 Å². The Morgan fingerprint density at radius 2 is 2.14 bits per heavy atom. The van der Waals surface area contributed by atoms with Crippen molar-refractivity contribution in [1.29, 1.82) is 0 Å². The molecule has 1 saturated heterocycles. The van der Waals surface area contributed by atoms with Gasteiger partial charge in [-0.3, -0.25) is 9.89 Å². The average Bonchev–Trinajstić information content (AvgIpc) is 3.24. The number of piperidine rings is 1. The van der Waals surface area contributed by atoms with Crippen molar-refractivity contribution in [3.05, 3.63) is 54.6 Å². The van der Waals surface area contributed by atoms with Crippen LogP contribution in [0.2, 0.25) is 0 Å². The molecule has 3 atom stereocenters. The van der Waals surface area contributed by atoms with Crippen molar-refractivity contribution in [2.24, 2.45) is 10.9 Å². The van der Waals surface area contributed by atoms with Crippen LogP contribution in [0.3, 0.4) is 0 Å². The number of hydrogen-bond acceptors (Lipinski definition) is 3. The minimum Gasteiger partial charge on any atom is -0.355 e. The molecule has 1 aliphatic heterocycles. The van der Waals surface area contributed by atoms with E-state index in [0.717, 1.165) is 38.6 Å². The van der Waals surface area contributed by atoms with E-state index in [9.17, 15) is 0 Å². The topological polar surface area (TPSA) is 48.7 Å². The fourth-order valence-corrected chi connectivity index (χ4v) is 3.85. The summed E-state index contributed by atoms with van der Waals surface area (Å²) >= 11 is 0. The number of aliphatic imine (C=N–C) groups is 1. The van der Waals surface area contributed by atoms with Gasteiger partial charge in [0.15, 0.2) is 5.96 Å². The van der Waals surface area contributed by atoms with Gasteiger partial charge in [-0.2, -0.15) is 0 Å². The van der Waals surface area contributed by atoms with Gasteiger partial charge in [-0.05, 0) is 31.9 Å². The summed E-state index contributed by atoms with van der Waals surface area (Å²) in [7, 11) is 4.06. The van der Waals surface area contributed by atoms with E-state index in [1.165, 1.54) is 5.56 Å². The van der Waals surface area contributed by atoms with E-state index in [4.69, 9.17) is 0 Å². The van der Waals surface area contributed by atoms with E-state index >= 15 is 0 Å². The van der Waals surface area contributed by atoms with Crippen molar-refractivity contribution in [3.63, 3.8) is 0 Å². The molecule has 6 nitrogen and oxygen atoms in total. The van der Waals surface area contributed by atoms with Gasteiger partial charge < -0.3 is 14.8 Å². The standard InChI is InChI=1S/C22H34N6/c1-18-10-12-27(16-21(18)28-13-11-24-17-28)22(23-3)25-14-19(2)26(4)15-20-8-6-5-7-9-20/h5-9,11,13,17-19,21H,10,12,14-16H2,1-4H3,(H,23,25). The minimum atomic E-state index is 0.408.